The second-order valence-corrected chi connectivity index (χ2v) is 14.2. The number of allylic oxidation sites excluding steroid dienone is 1. The highest BCUT2D eigenvalue weighted by Crippen LogP contribution is 2.38. The first-order valence-corrected chi connectivity index (χ1v) is 17.9. The Bertz CT molecular complexity index is 1730. The number of para-hydroxylation sites is 1. The number of nitrogens with one attached hydrogen (secondary N) is 1. The maximum absolute atomic E-state index is 14.0. The number of ether oxygens (including phenoxy) is 3. The number of benzene rings is 3. The summed E-state index contributed by atoms with van der Waals surface area (Å²) in [4.78, 5) is 31.0. The van der Waals surface area contributed by atoms with Crippen LogP contribution in [-0.2, 0) is 29.1 Å². The molecule has 12 nitrogen and oxygen atoms in total. The number of aliphatic hydroxyl groups is 1. The molecular weight excluding hydrogens is 648 g/mol. The third-order valence-corrected chi connectivity index (χ3v) is 11.4. The number of aliphatic hydroxyl groups excluding tert-OH is 1. The predicted octanol–water partition coefficient (Wildman–Crippen LogP) is 3.06. The number of anilines is 1. The summed E-state index contributed by atoms with van der Waals surface area (Å²) in [6.45, 7) is 0.615. The number of amides is 2. The monoisotopic (exact) mass is 690 g/mol. The molecule has 3 aromatic rings. The van der Waals surface area contributed by atoms with E-state index < -0.39 is 21.9 Å². The van der Waals surface area contributed by atoms with Crippen LogP contribution in [0, 0.1) is 0 Å². The largest absolute Gasteiger partial charge is 0.497 e. The van der Waals surface area contributed by atoms with Crippen LogP contribution in [0.4, 0.5) is 5.69 Å². The van der Waals surface area contributed by atoms with E-state index in [4.69, 9.17) is 14.2 Å². The number of nitrogens with zero attached hydrogens (tertiary/aromatic N) is 3. The van der Waals surface area contributed by atoms with Crippen molar-refractivity contribution < 1.29 is 37.3 Å². The smallest absolute Gasteiger partial charge is 0.288 e. The first-order chi connectivity index (χ1) is 23.7. The highest BCUT2D eigenvalue weighted by molar-refractivity contribution is 7.89. The second kappa shape index (κ2) is 15.0. The summed E-state index contributed by atoms with van der Waals surface area (Å²) in [5.74, 6) is 0.200. The van der Waals surface area contributed by atoms with E-state index in [-0.39, 0.29) is 54.7 Å². The fourth-order valence-corrected chi connectivity index (χ4v) is 8.17. The lowest BCUT2D eigenvalue weighted by Crippen LogP contribution is -2.57. The van der Waals surface area contributed by atoms with Crippen molar-refractivity contribution in [3.05, 3.63) is 102 Å². The molecule has 3 aliphatic rings. The summed E-state index contributed by atoms with van der Waals surface area (Å²) in [5.41, 5.74) is 1.22. The zero-order chi connectivity index (χ0) is 34.4. The first kappa shape index (κ1) is 34.4. The van der Waals surface area contributed by atoms with Crippen molar-refractivity contribution in [1.29, 1.82) is 0 Å². The van der Waals surface area contributed by atoms with Gasteiger partial charge in [-0.15, -0.1) is 0 Å². The van der Waals surface area contributed by atoms with Gasteiger partial charge in [0, 0.05) is 44.2 Å². The number of piperidine rings is 1. The van der Waals surface area contributed by atoms with Gasteiger partial charge in [0.05, 0.1) is 31.9 Å². The van der Waals surface area contributed by atoms with Crippen LogP contribution in [-0.4, -0.2) is 99.5 Å². The van der Waals surface area contributed by atoms with E-state index in [1.54, 1.807) is 17.0 Å². The Morgan fingerprint density at radius 2 is 1.67 bits per heavy atom. The highest BCUT2D eigenvalue weighted by atomic mass is 32.2. The Labute approximate surface area is 286 Å². The number of likely N-dealkylation sites (tertiary alicyclic amines) is 1. The fraction of sp³-hybridized carbons (Fsp3) is 0.389. The summed E-state index contributed by atoms with van der Waals surface area (Å²) in [6.07, 6.45) is 2.36. The predicted molar refractivity (Wildman–Crippen MR) is 182 cm³/mol. The molecule has 0 saturated carbocycles. The van der Waals surface area contributed by atoms with Crippen molar-refractivity contribution in [2.75, 3.05) is 58.1 Å². The molecule has 13 heteroatoms. The molecule has 1 spiro atoms. The molecule has 0 unspecified atom stereocenters. The Morgan fingerprint density at radius 3 is 2.33 bits per heavy atom. The first-order valence-electron chi connectivity index (χ1n) is 16.5. The number of sulfonamides is 1. The fourth-order valence-electron chi connectivity index (χ4n) is 6.76. The van der Waals surface area contributed by atoms with Gasteiger partial charge in [-0.05, 0) is 60.9 Å². The Kier molecular flexibility index (Phi) is 10.5. The summed E-state index contributed by atoms with van der Waals surface area (Å²) in [6, 6.07) is 25.6. The molecule has 3 aromatic carbocycles. The minimum absolute atomic E-state index is 0.0281. The Hall–Kier alpha value is -4.43. The van der Waals surface area contributed by atoms with E-state index in [9.17, 15) is 23.1 Å². The third kappa shape index (κ3) is 7.30. The van der Waals surface area contributed by atoms with Gasteiger partial charge in [0.1, 0.15) is 11.3 Å². The van der Waals surface area contributed by atoms with Gasteiger partial charge in [-0.25, -0.2) is 8.42 Å². The summed E-state index contributed by atoms with van der Waals surface area (Å²) < 4.78 is 45.3. The van der Waals surface area contributed by atoms with Crippen molar-refractivity contribution >= 4 is 27.5 Å². The van der Waals surface area contributed by atoms with Crippen molar-refractivity contribution in [1.82, 2.24) is 14.5 Å². The van der Waals surface area contributed by atoms with E-state index in [1.165, 1.54) is 19.2 Å². The summed E-state index contributed by atoms with van der Waals surface area (Å²) in [5, 5.41) is 12.6. The van der Waals surface area contributed by atoms with Crippen molar-refractivity contribution in [3.63, 3.8) is 0 Å². The standard InChI is InChI=1S/C36H42N4O8S/c1-46-30-12-14-31(15-13-30)49(44,45)39(20-22-41)21-23-47-33-25-28(27-8-4-2-5-9-27)24-32(48-33)34(42)38-18-16-36(17-19-38)35(43)37-26-40(36)29-10-6-3-7-11-29/h2-15,24,28,33,41H,16-23,25-26H2,1H3,(H,37,43)/t28-,33+/m1/s1. The summed E-state index contributed by atoms with van der Waals surface area (Å²) in [7, 11) is -2.43. The second-order valence-electron chi connectivity index (χ2n) is 12.3. The highest BCUT2D eigenvalue weighted by Gasteiger charge is 2.51. The maximum Gasteiger partial charge on any atom is 0.288 e. The van der Waals surface area contributed by atoms with Crippen LogP contribution in [0.25, 0.3) is 0 Å². The molecule has 2 amide bonds. The molecule has 2 fully saturated rings. The van der Waals surface area contributed by atoms with Crippen molar-refractivity contribution in [3.8, 4) is 5.75 Å². The van der Waals surface area contributed by atoms with Crippen LogP contribution < -0.4 is 15.0 Å². The van der Waals surface area contributed by atoms with Gasteiger partial charge in [0.2, 0.25) is 22.2 Å². The van der Waals surface area contributed by atoms with Crippen molar-refractivity contribution in [2.45, 2.75) is 41.9 Å². The van der Waals surface area contributed by atoms with Crippen LogP contribution in [0.3, 0.4) is 0 Å². The Balaban J connectivity index is 1.13. The van der Waals surface area contributed by atoms with Gasteiger partial charge in [0.15, 0.2) is 5.76 Å². The maximum atomic E-state index is 14.0. The molecule has 49 heavy (non-hydrogen) atoms. The summed E-state index contributed by atoms with van der Waals surface area (Å²) >= 11 is 0. The van der Waals surface area contributed by atoms with Gasteiger partial charge in [0.25, 0.3) is 5.91 Å². The molecule has 260 valence electrons. The zero-order valence-electron chi connectivity index (χ0n) is 27.4. The molecule has 3 heterocycles. The van der Waals surface area contributed by atoms with E-state index in [0.717, 1.165) is 15.6 Å². The van der Waals surface area contributed by atoms with Gasteiger partial charge < -0.3 is 34.4 Å². The van der Waals surface area contributed by atoms with E-state index >= 15 is 0 Å². The lowest BCUT2D eigenvalue weighted by molar-refractivity contribution is -0.154. The molecule has 0 bridgehead atoms. The molecule has 0 aliphatic carbocycles. The average molecular weight is 691 g/mol. The van der Waals surface area contributed by atoms with Gasteiger partial charge in [-0.3, -0.25) is 9.59 Å². The number of carbonyl (C=O) groups excluding carboxylic acids is 2. The number of carbonyl (C=O) groups is 2. The van der Waals surface area contributed by atoms with Gasteiger partial charge in [-0.2, -0.15) is 4.31 Å². The SMILES string of the molecule is COc1ccc(S(=O)(=O)N(CCO)CCO[C@@H]2C[C@H](c3ccccc3)C=C(C(=O)N3CCC4(CC3)C(=O)NCN4c3ccccc3)O2)cc1. The average Bonchev–Trinajstić information content (AvgIpc) is 3.46. The van der Waals surface area contributed by atoms with Crippen LogP contribution in [0.5, 0.6) is 5.75 Å². The third-order valence-electron chi connectivity index (χ3n) is 9.47. The molecule has 0 aromatic heterocycles. The molecular formula is C36H42N4O8S. The number of rotatable bonds is 12. The minimum atomic E-state index is -3.93. The minimum Gasteiger partial charge on any atom is -0.497 e. The topological polar surface area (TPSA) is 138 Å². The van der Waals surface area contributed by atoms with Crippen LogP contribution in [0.15, 0.2) is 102 Å². The van der Waals surface area contributed by atoms with Crippen LogP contribution in [0.1, 0.15) is 30.7 Å². The lowest BCUT2D eigenvalue weighted by Gasteiger charge is -2.43. The zero-order valence-corrected chi connectivity index (χ0v) is 28.3. The number of hydrogen-bond acceptors (Lipinski definition) is 9. The van der Waals surface area contributed by atoms with Crippen molar-refractivity contribution in [2.24, 2.45) is 0 Å². The quantitative estimate of drug-likeness (QED) is 0.294. The number of hydrogen-bond donors (Lipinski definition) is 2. The van der Waals surface area contributed by atoms with Gasteiger partial charge >= 0.3 is 0 Å². The van der Waals surface area contributed by atoms with E-state index in [0.29, 0.717) is 44.8 Å². The van der Waals surface area contributed by atoms with E-state index in [2.05, 4.69) is 10.2 Å². The molecule has 2 atom stereocenters. The lowest BCUT2D eigenvalue weighted by atomic mass is 9.85. The number of methoxy groups -OCH3 is 1. The normalized spacial score (nSPS) is 20.6. The molecule has 3 aliphatic heterocycles. The molecule has 2 saturated heterocycles. The molecule has 0 radical (unpaired) electrons. The van der Waals surface area contributed by atoms with E-state index in [1.807, 2.05) is 66.7 Å². The van der Waals surface area contributed by atoms with Gasteiger partial charge in [-0.1, -0.05) is 48.5 Å². The Morgan fingerprint density at radius 1 is 1.00 bits per heavy atom. The molecule has 2 N–H and O–H groups in total. The van der Waals surface area contributed by atoms with Crippen LogP contribution >= 0.6 is 0 Å². The van der Waals surface area contributed by atoms with Crippen LogP contribution in [0.2, 0.25) is 0 Å². The molecule has 6 rings (SSSR count).